The van der Waals surface area contributed by atoms with Crippen LogP contribution in [0.4, 0.5) is 5.69 Å². The normalized spacial score (nSPS) is 13.5. The first kappa shape index (κ1) is 17.4. The van der Waals surface area contributed by atoms with Crippen molar-refractivity contribution >= 4 is 22.7 Å². The molecular weight excluding hydrogens is 344 g/mol. The Kier molecular flexibility index (Phi) is 4.96. The minimum atomic E-state index is -0.0430. The minimum Gasteiger partial charge on any atom is -0.497 e. The maximum Gasteiger partial charge on any atom is 0.224 e. The molecule has 1 saturated carbocycles. The van der Waals surface area contributed by atoms with E-state index in [0.29, 0.717) is 25.4 Å². The van der Waals surface area contributed by atoms with Crippen molar-refractivity contribution in [1.82, 2.24) is 4.98 Å². The van der Waals surface area contributed by atoms with Crippen LogP contribution in [0.15, 0.2) is 46.9 Å². The Hall–Kier alpha value is -3.02. The van der Waals surface area contributed by atoms with Crippen molar-refractivity contribution in [3.63, 3.8) is 0 Å². The summed E-state index contributed by atoms with van der Waals surface area (Å²) in [5.41, 5.74) is 2.29. The number of carbonyl (C=O) groups excluding carboxylic acids is 1. The van der Waals surface area contributed by atoms with Gasteiger partial charge in [0.2, 0.25) is 5.91 Å². The molecule has 4 rings (SSSR count). The first-order valence-corrected chi connectivity index (χ1v) is 9.18. The van der Waals surface area contributed by atoms with Gasteiger partial charge in [-0.3, -0.25) is 4.79 Å². The number of nitrogens with zero attached hydrogens (tertiary/aromatic N) is 1. The second kappa shape index (κ2) is 7.70. The molecule has 140 valence electrons. The van der Waals surface area contributed by atoms with E-state index < -0.39 is 0 Å². The molecule has 6 nitrogen and oxygen atoms in total. The number of ether oxygens (including phenoxy) is 2. The van der Waals surface area contributed by atoms with Crippen molar-refractivity contribution in [2.75, 3.05) is 19.0 Å². The van der Waals surface area contributed by atoms with Crippen molar-refractivity contribution in [1.29, 1.82) is 0 Å². The van der Waals surface area contributed by atoms with E-state index in [0.717, 1.165) is 47.0 Å². The number of nitrogens with one attached hydrogen (secondary N) is 1. The molecule has 0 spiro atoms. The van der Waals surface area contributed by atoms with Crippen LogP contribution in [0.1, 0.15) is 37.5 Å². The number of fused-ring (bicyclic) bond motifs is 1. The van der Waals surface area contributed by atoms with Gasteiger partial charge in [0.25, 0.3) is 0 Å². The Morgan fingerprint density at radius 1 is 1.19 bits per heavy atom. The third-order valence-electron chi connectivity index (χ3n) is 4.49. The average Bonchev–Trinajstić information content (AvgIpc) is 3.45. The molecule has 0 aliphatic heterocycles. The number of aromatic nitrogens is 1. The quantitative estimate of drug-likeness (QED) is 0.594. The zero-order chi connectivity index (χ0) is 18.6. The molecule has 0 atom stereocenters. The summed E-state index contributed by atoms with van der Waals surface area (Å²) in [6.07, 6.45) is 3.32. The summed E-state index contributed by atoms with van der Waals surface area (Å²) in [6.45, 7) is 0.479. The van der Waals surface area contributed by atoms with E-state index in [1.165, 1.54) is 0 Å². The number of anilines is 1. The van der Waals surface area contributed by atoms with Crippen molar-refractivity contribution in [3.05, 3.63) is 48.4 Å². The summed E-state index contributed by atoms with van der Waals surface area (Å²) in [7, 11) is 1.63. The third-order valence-corrected chi connectivity index (χ3v) is 4.49. The highest BCUT2D eigenvalue weighted by Gasteiger charge is 2.28. The van der Waals surface area contributed by atoms with Crippen LogP contribution >= 0.6 is 0 Å². The van der Waals surface area contributed by atoms with E-state index in [1.54, 1.807) is 7.11 Å². The van der Waals surface area contributed by atoms with Crippen LogP contribution in [-0.4, -0.2) is 24.6 Å². The molecular formula is C21H22N2O4. The maximum atomic E-state index is 12.1. The van der Waals surface area contributed by atoms with E-state index in [2.05, 4.69) is 10.3 Å². The van der Waals surface area contributed by atoms with E-state index in [1.807, 2.05) is 42.5 Å². The van der Waals surface area contributed by atoms with Crippen molar-refractivity contribution in [2.24, 2.45) is 0 Å². The SMILES string of the molecule is COc1ccc(OCCCC(=O)Nc2ccc3oc(C4CC4)nc3c2)cc1. The van der Waals surface area contributed by atoms with Crippen molar-refractivity contribution in [3.8, 4) is 11.5 Å². The summed E-state index contributed by atoms with van der Waals surface area (Å²) in [5, 5.41) is 2.91. The number of hydrogen-bond acceptors (Lipinski definition) is 5. The monoisotopic (exact) mass is 366 g/mol. The van der Waals surface area contributed by atoms with Gasteiger partial charge in [0.05, 0.1) is 13.7 Å². The molecule has 1 aliphatic rings. The van der Waals surface area contributed by atoms with E-state index in [-0.39, 0.29) is 5.91 Å². The van der Waals surface area contributed by atoms with Gasteiger partial charge in [0.15, 0.2) is 11.5 Å². The number of methoxy groups -OCH3 is 1. The molecule has 0 radical (unpaired) electrons. The predicted octanol–water partition coefficient (Wildman–Crippen LogP) is 4.51. The number of amides is 1. The van der Waals surface area contributed by atoms with Crippen LogP contribution in [0.3, 0.4) is 0 Å². The van der Waals surface area contributed by atoms with E-state index >= 15 is 0 Å². The lowest BCUT2D eigenvalue weighted by molar-refractivity contribution is -0.116. The number of rotatable bonds is 8. The second-order valence-electron chi connectivity index (χ2n) is 6.68. The third kappa shape index (κ3) is 4.39. The molecule has 27 heavy (non-hydrogen) atoms. The highest BCUT2D eigenvalue weighted by atomic mass is 16.5. The van der Waals surface area contributed by atoms with Gasteiger partial charge in [0, 0.05) is 18.0 Å². The predicted molar refractivity (Wildman–Crippen MR) is 102 cm³/mol. The Bertz CT molecular complexity index is 929. The molecule has 1 aliphatic carbocycles. The fourth-order valence-electron chi connectivity index (χ4n) is 2.85. The molecule has 1 fully saturated rings. The van der Waals surface area contributed by atoms with Gasteiger partial charge in [-0.25, -0.2) is 4.98 Å². The zero-order valence-corrected chi connectivity index (χ0v) is 15.2. The van der Waals surface area contributed by atoms with Gasteiger partial charge in [-0.05, 0) is 61.7 Å². The smallest absolute Gasteiger partial charge is 0.224 e. The Morgan fingerprint density at radius 3 is 2.70 bits per heavy atom. The van der Waals surface area contributed by atoms with Crippen molar-refractivity contribution < 1.29 is 18.7 Å². The fourth-order valence-corrected chi connectivity index (χ4v) is 2.85. The van der Waals surface area contributed by atoms with Gasteiger partial charge in [0.1, 0.15) is 17.0 Å². The molecule has 6 heteroatoms. The molecule has 1 amide bonds. The van der Waals surface area contributed by atoms with Crippen LogP contribution in [0.25, 0.3) is 11.1 Å². The average molecular weight is 366 g/mol. The molecule has 1 N–H and O–H groups in total. The van der Waals surface area contributed by atoms with Gasteiger partial charge >= 0.3 is 0 Å². The molecule has 2 aromatic carbocycles. The fraction of sp³-hybridized carbons (Fsp3) is 0.333. The first-order chi connectivity index (χ1) is 13.2. The highest BCUT2D eigenvalue weighted by molar-refractivity contribution is 5.92. The Labute approximate surface area is 157 Å². The van der Waals surface area contributed by atoms with Gasteiger partial charge in [-0.15, -0.1) is 0 Å². The zero-order valence-electron chi connectivity index (χ0n) is 15.2. The standard InChI is InChI=1S/C21H22N2O4/c1-25-16-7-9-17(10-8-16)26-12-2-3-20(24)22-15-6-11-19-18(13-15)23-21(27-19)14-4-5-14/h6-11,13-14H,2-5,12H2,1H3,(H,22,24). The first-order valence-electron chi connectivity index (χ1n) is 9.18. The summed E-state index contributed by atoms with van der Waals surface area (Å²) < 4.78 is 16.5. The Morgan fingerprint density at radius 2 is 1.96 bits per heavy atom. The number of oxazole rings is 1. The molecule has 0 bridgehead atoms. The van der Waals surface area contributed by atoms with Crippen LogP contribution in [0.5, 0.6) is 11.5 Å². The molecule has 1 aromatic heterocycles. The lowest BCUT2D eigenvalue weighted by Gasteiger charge is -2.08. The largest absolute Gasteiger partial charge is 0.497 e. The molecule has 0 saturated heterocycles. The van der Waals surface area contributed by atoms with E-state index in [4.69, 9.17) is 13.9 Å². The van der Waals surface area contributed by atoms with Crippen LogP contribution < -0.4 is 14.8 Å². The lowest BCUT2D eigenvalue weighted by Crippen LogP contribution is -2.12. The summed E-state index contributed by atoms with van der Waals surface area (Å²) in [5.74, 6) is 2.79. The Balaban J connectivity index is 1.24. The maximum absolute atomic E-state index is 12.1. The van der Waals surface area contributed by atoms with Crippen LogP contribution in [0, 0.1) is 0 Å². The van der Waals surface area contributed by atoms with E-state index in [9.17, 15) is 4.79 Å². The van der Waals surface area contributed by atoms with Crippen LogP contribution in [0.2, 0.25) is 0 Å². The molecule has 1 heterocycles. The number of hydrogen-bond donors (Lipinski definition) is 1. The topological polar surface area (TPSA) is 73.6 Å². The van der Waals surface area contributed by atoms with Gasteiger partial charge in [-0.2, -0.15) is 0 Å². The number of carbonyl (C=O) groups is 1. The highest BCUT2D eigenvalue weighted by Crippen LogP contribution is 2.40. The van der Waals surface area contributed by atoms with Gasteiger partial charge < -0.3 is 19.2 Å². The molecule has 3 aromatic rings. The van der Waals surface area contributed by atoms with Crippen molar-refractivity contribution in [2.45, 2.75) is 31.6 Å². The van der Waals surface area contributed by atoms with Crippen LogP contribution in [-0.2, 0) is 4.79 Å². The second-order valence-corrected chi connectivity index (χ2v) is 6.68. The summed E-state index contributed by atoms with van der Waals surface area (Å²) in [6, 6.07) is 12.9. The minimum absolute atomic E-state index is 0.0430. The lowest BCUT2D eigenvalue weighted by atomic mass is 10.2. The van der Waals surface area contributed by atoms with Gasteiger partial charge in [-0.1, -0.05) is 0 Å². The summed E-state index contributed by atoms with van der Waals surface area (Å²) >= 11 is 0. The molecule has 0 unspecified atom stereocenters. The number of benzene rings is 2. The summed E-state index contributed by atoms with van der Waals surface area (Å²) in [4.78, 5) is 16.7.